The molecule has 0 N–H and O–H groups in total. The Labute approximate surface area is 275 Å². The fraction of sp³-hybridized carbons (Fsp3) is 0.268. The molecule has 6 nitrogen and oxygen atoms in total. The van der Waals surface area contributed by atoms with Gasteiger partial charge in [0, 0.05) is 25.3 Å². The fourth-order valence-electron chi connectivity index (χ4n) is 6.65. The molecule has 0 aliphatic heterocycles. The molecule has 6 aromatic rings. The van der Waals surface area contributed by atoms with E-state index in [0.29, 0.717) is 6.42 Å². The van der Waals surface area contributed by atoms with Crippen LogP contribution in [0.1, 0.15) is 56.4 Å². The van der Waals surface area contributed by atoms with Crippen molar-refractivity contribution in [1.29, 1.82) is 0 Å². The maximum Gasteiger partial charge on any atom is 0.340 e. The molecular weight excluding hydrogens is 588 g/mol. The Balaban J connectivity index is 1.30. The van der Waals surface area contributed by atoms with Gasteiger partial charge in [0.2, 0.25) is 0 Å². The van der Waals surface area contributed by atoms with E-state index in [2.05, 4.69) is 19.1 Å². The maximum absolute atomic E-state index is 14.0. The topological polar surface area (TPSA) is 71.1 Å². The third-order valence-electron chi connectivity index (χ3n) is 8.99. The van der Waals surface area contributed by atoms with Crippen molar-refractivity contribution in [2.45, 2.75) is 57.5 Å². The van der Waals surface area contributed by atoms with Gasteiger partial charge >= 0.3 is 11.9 Å². The Morgan fingerprint density at radius 1 is 0.574 bits per heavy atom. The number of rotatable bonds is 12. The molecule has 0 saturated carbocycles. The van der Waals surface area contributed by atoms with Crippen molar-refractivity contribution in [3.63, 3.8) is 0 Å². The molecule has 4 atom stereocenters. The van der Waals surface area contributed by atoms with E-state index in [9.17, 15) is 9.59 Å². The summed E-state index contributed by atoms with van der Waals surface area (Å²) in [6.07, 6.45) is -1.18. The highest BCUT2D eigenvalue weighted by Crippen LogP contribution is 2.37. The van der Waals surface area contributed by atoms with Gasteiger partial charge in [-0.15, -0.1) is 0 Å². The molecule has 0 aromatic heterocycles. The molecule has 0 unspecified atom stereocenters. The first-order valence-corrected chi connectivity index (χ1v) is 16.2. The van der Waals surface area contributed by atoms with E-state index in [-0.39, 0.29) is 0 Å². The third-order valence-corrected chi connectivity index (χ3v) is 8.99. The zero-order chi connectivity index (χ0) is 32.9. The second-order valence-electron chi connectivity index (χ2n) is 12.0. The molecule has 0 bridgehead atoms. The van der Waals surface area contributed by atoms with Crippen molar-refractivity contribution >= 4 is 55.0 Å². The van der Waals surface area contributed by atoms with Crippen LogP contribution in [0.25, 0.3) is 43.1 Å². The van der Waals surface area contributed by atoms with Gasteiger partial charge in [0.25, 0.3) is 0 Å². The van der Waals surface area contributed by atoms with Gasteiger partial charge < -0.3 is 18.9 Å². The molecule has 240 valence electrons. The monoisotopic (exact) mass is 628 g/mol. The van der Waals surface area contributed by atoms with Crippen LogP contribution in [0, 0.1) is 0 Å². The molecule has 0 fully saturated rings. The Bertz CT molecular complexity index is 1940. The van der Waals surface area contributed by atoms with Gasteiger partial charge in [0.15, 0.2) is 12.2 Å². The Morgan fingerprint density at radius 2 is 0.936 bits per heavy atom. The van der Waals surface area contributed by atoms with Crippen LogP contribution in [0.4, 0.5) is 0 Å². The zero-order valence-corrected chi connectivity index (χ0v) is 27.3. The summed E-state index contributed by atoms with van der Waals surface area (Å²) >= 11 is 0. The lowest BCUT2D eigenvalue weighted by Gasteiger charge is -2.28. The number of fused-ring (bicyclic) bond motifs is 4. The van der Waals surface area contributed by atoms with Gasteiger partial charge in [-0.05, 0) is 75.0 Å². The Kier molecular flexibility index (Phi) is 9.81. The fourth-order valence-corrected chi connectivity index (χ4v) is 6.65. The van der Waals surface area contributed by atoms with E-state index in [1.54, 1.807) is 6.92 Å². The van der Waals surface area contributed by atoms with Crippen LogP contribution in [0.5, 0.6) is 0 Å². The summed E-state index contributed by atoms with van der Waals surface area (Å²) in [5.74, 6) is -1.07. The first kappa shape index (κ1) is 32.2. The second-order valence-corrected chi connectivity index (χ2v) is 12.0. The molecule has 0 radical (unpaired) electrons. The highest BCUT2D eigenvalue weighted by molar-refractivity contribution is 6.06. The molecule has 47 heavy (non-hydrogen) atoms. The number of carbonyl (C=O) groups excluding carboxylic acids is 2. The minimum absolute atomic E-state index is 0.526. The van der Waals surface area contributed by atoms with Crippen molar-refractivity contribution in [3.05, 3.63) is 120 Å². The van der Waals surface area contributed by atoms with Crippen LogP contribution in [0.15, 0.2) is 109 Å². The van der Waals surface area contributed by atoms with E-state index in [4.69, 9.17) is 18.9 Å². The van der Waals surface area contributed by atoms with Crippen molar-refractivity contribution in [2.24, 2.45) is 0 Å². The van der Waals surface area contributed by atoms with Gasteiger partial charge in [0.05, 0.1) is 0 Å². The molecule has 0 amide bonds. The quantitative estimate of drug-likeness (QED) is 0.0993. The van der Waals surface area contributed by atoms with Crippen molar-refractivity contribution in [3.8, 4) is 0 Å². The number of methoxy groups -OCH3 is 2. The summed E-state index contributed by atoms with van der Waals surface area (Å²) in [4.78, 5) is 27.9. The summed E-state index contributed by atoms with van der Waals surface area (Å²) in [6.45, 7) is 3.84. The van der Waals surface area contributed by atoms with Gasteiger partial charge in [-0.1, -0.05) is 110 Å². The molecular formula is C41H40O6. The lowest BCUT2D eigenvalue weighted by molar-refractivity contribution is -0.179. The van der Waals surface area contributed by atoms with E-state index < -0.39 is 36.4 Å². The first-order chi connectivity index (χ1) is 22.9. The number of hydrogen-bond acceptors (Lipinski definition) is 6. The SMILES string of the molecule is CCCC[C@H](OC(=O)[C@H](OC)c1c2ccccc2cc2ccccc12)[C@@H](C)OC(=O)[C@H](OC)c1c2ccccc2cc2ccccc12. The van der Waals surface area contributed by atoms with Crippen LogP contribution >= 0.6 is 0 Å². The smallest absolute Gasteiger partial charge is 0.340 e. The number of ether oxygens (including phenoxy) is 4. The summed E-state index contributed by atoms with van der Waals surface area (Å²) < 4.78 is 24.0. The summed E-state index contributed by atoms with van der Waals surface area (Å²) in [5, 5.41) is 7.70. The largest absolute Gasteiger partial charge is 0.457 e. The average Bonchev–Trinajstić information content (AvgIpc) is 3.10. The first-order valence-electron chi connectivity index (χ1n) is 16.2. The normalized spacial score (nSPS) is 14.2. The highest BCUT2D eigenvalue weighted by atomic mass is 16.6. The van der Waals surface area contributed by atoms with Gasteiger partial charge in [-0.3, -0.25) is 0 Å². The number of carbonyl (C=O) groups is 2. The molecule has 6 aromatic carbocycles. The molecule has 0 aliphatic carbocycles. The van der Waals surface area contributed by atoms with Crippen molar-refractivity contribution in [2.75, 3.05) is 14.2 Å². The van der Waals surface area contributed by atoms with E-state index in [0.717, 1.165) is 67.1 Å². The predicted octanol–water partition coefficient (Wildman–Crippen LogP) is 9.41. The summed E-state index contributed by atoms with van der Waals surface area (Å²) in [6, 6.07) is 36.0. The van der Waals surface area contributed by atoms with Crippen molar-refractivity contribution in [1.82, 2.24) is 0 Å². The number of esters is 2. The minimum Gasteiger partial charge on any atom is -0.457 e. The minimum atomic E-state index is -0.982. The summed E-state index contributed by atoms with van der Waals surface area (Å²) in [7, 11) is 3.03. The molecule has 6 heteroatoms. The zero-order valence-electron chi connectivity index (χ0n) is 27.3. The van der Waals surface area contributed by atoms with Gasteiger partial charge in [-0.25, -0.2) is 9.59 Å². The lowest BCUT2D eigenvalue weighted by atomic mass is 9.93. The van der Waals surface area contributed by atoms with E-state index >= 15 is 0 Å². The molecule has 6 rings (SSSR count). The number of hydrogen-bond donors (Lipinski definition) is 0. The van der Waals surface area contributed by atoms with Crippen molar-refractivity contribution < 1.29 is 28.5 Å². The Hall–Kier alpha value is -4.78. The number of unbranched alkanes of at least 4 members (excludes halogenated alkanes) is 1. The van der Waals surface area contributed by atoms with Gasteiger partial charge in [0.1, 0.15) is 12.2 Å². The molecule has 0 spiro atoms. The highest BCUT2D eigenvalue weighted by Gasteiger charge is 2.34. The van der Waals surface area contributed by atoms with Gasteiger partial charge in [-0.2, -0.15) is 0 Å². The standard InChI is InChI=1S/C41H40O6/c1-5-6-23-35(47-41(43)39(45-4)37-33-21-13-9-17-29(33)25-30-18-10-14-22-34(30)37)26(2)46-40(42)38(44-3)36-31-19-11-7-15-27(31)24-28-16-8-12-20-32(28)36/h7-22,24-26,35,38-39H,5-6,23H2,1-4H3/t26-,35+,38-,39-/m1/s1. The molecule has 0 saturated heterocycles. The predicted molar refractivity (Wildman–Crippen MR) is 187 cm³/mol. The summed E-state index contributed by atoms with van der Waals surface area (Å²) in [5.41, 5.74) is 1.51. The second kappa shape index (κ2) is 14.3. The average molecular weight is 629 g/mol. The van der Waals surface area contributed by atoms with E-state index in [1.165, 1.54) is 14.2 Å². The van der Waals surface area contributed by atoms with Crippen LogP contribution in [-0.2, 0) is 28.5 Å². The van der Waals surface area contributed by atoms with Crippen LogP contribution in [0.2, 0.25) is 0 Å². The maximum atomic E-state index is 14.0. The Morgan fingerprint density at radius 3 is 1.30 bits per heavy atom. The van der Waals surface area contributed by atoms with Crippen LogP contribution in [0.3, 0.4) is 0 Å². The van der Waals surface area contributed by atoms with E-state index in [1.807, 2.05) is 97.1 Å². The molecule has 0 aliphatic rings. The molecule has 0 heterocycles. The number of benzene rings is 6. The lowest BCUT2D eigenvalue weighted by Crippen LogP contribution is -2.36. The van der Waals surface area contributed by atoms with Crippen LogP contribution in [-0.4, -0.2) is 38.4 Å². The van der Waals surface area contributed by atoms with Crippen LogP contribution < -0.4 is 0 Å². The third kappa shape index (κ3) is 6.44.